The van der Waals surface area contributed by atoms with Gasteiger partial charge in [-0.3, -0.25) is 9.59 Å². The van der Waals surface area contributed by atoms with Crippen molar-refractivity contribution in [2.24, 2.45) is 5.92 Å². The van der Waals surface area contributed by atoms with Crippen molar-refractivity contribution in [1.29, 1.82) is 0 Å². The van der Waals surface area contributed by atoms with Gasteiger partial charge in [0.15, 0.2) is 0 Å². The number of benzene rings is 1. The normalized spacial score (nSPS) is 21.2. The van der Waals surface area contributed by atoms with Gasteiger partial charge in [-0.1, -0.05) is 18.1 Å². The summed E-state index contributed by atoms with van der Waals surface area (Å²) in [4.78, 5) is 25.4. The molecule has 0 bridgehead atoms. The first-order valence-corrected chi connectivity index (χ1v) is 6.89. The lowest BCUT2D eigenvalue weighted by Gasteiger charge is -2.25. The van der Waals surface area contributed by atoms with Gasteiger partial charge in [0.25, 0.3) is 0 Å². The first-order valence-electron chi connectivity index (χ1n) is 6.89. The molecule has 0 aliphatic carbocycles. The summed E-state index contributed by atoms with van der Waals surface area (Å²) in [5.74, 6) is 0.961. The standard InChI is InChI=1S/C16H15F3N2O2/c1-3-8-20-15(23)12-9-13(22)21(2)14(12)10-4-6-11(7-5-10)16(17,18)19/h1,4-7,12,14H,8-9H2,2H3,(H,20,23)/t12-,14+/m0/s1. The highest BCUT2D eigenvalue weighted by atomic mass is 19.4. The molecule has 1 aromatic rings. The third-order valence-corrected chi connectivity index (χ3v) is 3.87. The largest absolute Gasteiger partial charge is 0.416 e. The molecule has 1 aromatic carbocycles. The van der Waals surface area contributed by atoms with Crippen molar-refractivity contribution in [1.82, 2.24) is 10.2 Å². The van der Waals surface area contributed by atoms with Crippen LogP contribution in [-0.4, -0.2) is 30.3 Å². The highest BCUT2D eigenvalue weighted by molar-refractivity contribution is 5.90. The molecule has 1 aliphatic rings. The Hall–Kier alpha value is -2.49. The van der Waals surface area contributed by atoms with Crippen molar-refractivity contribution >= 4 is 11.8 Å². The van der Waals surface area contributed by atoms with Crippen molar-refractivity contribution in [2.75, 3.05) is 13.6 Å². The van der Waals surface area contributed by atoms with E-state index in [-0.39, 0.29) is 24.8 Å². The lowest BCUT2D eigenvalue weighted by molar-refractivity contribution is -0.137. The maximum Gasteiger partial charge on any atom is 0.416 e. The second kappa shape index (κ2) is 6.32. The Morgan fingerprint density at radius 1 is 1.39 bits per heavy atom. The van der Waals surface area contributed by atoms with E-state index in [1.54, 1.807) is 0 Å². The van der Waals surface area contributed by atoms with Gasteiger partial charge in [-0.25, -0.2) is 0 Å². The van der Waals surface area contributed by atoms with Crippen molar-refractivity contribution in [3.8, 4) is 12.3 Å². The van der Waals surface area contributed by atoms with Crippen LogP contribution in [0.1, 0.15) is 23.6 Å². The van der Waals surface area contributed by atoms with Crippen LogP contribution in [-0.2, 0) is 15.8 Å². The van der Waals surface area contributed by atoms with E-state index in [2.05, 4.69) is 11.2 Å². The summed E-state index contributed by atoms with van der Waals surface area (Å²) in [5, 5.41) is 2.52. The molecule has 1 N–H and O–H groups in total. The molecule has 0 radical (unpaired) electrons. The predicted molar refractivity (Wildman–Crippen MR) is 76.9 cm³/mol. The summed E-state index contributed by atoms with van der Waals surface area (Å²) in [6.07, 6.45) is 0.652. The lowest BCUT2D eigenvalue weighted by atomic mass is 9.92. The van der Waals surface area contributed by atoms with Gasteiger partial charge in [0.2, 0.25) is 11.8 Å². The van der Waals surface area contributed by atoms with Crippen molar-refractivity contribution in [3.05, 3.63) is 35.4 Å². The smallest absolute Gasteiger partial charge is 0.345 e. The number of amides is 2. The van der Waals surface area contributed by atoms with Gasteiger partial charge in [-0.15, -0.1) is 6.42 Å². The molecule has 2 atom stereocenters. The third kappa shape index (κ3) is 3.47. The van der Waals surface area contributed by atoms with E-state index in [4.69, 9.17) is 6.42 Å². The minimum atomic E-state index is -4.43. The maximum absolute atomic E-state index is 12.6. The number of likely N-dealkylation sites (tertiary alicyclic amines) is 1. The van der Waals surface area contributed by atoms with Crippen molar-refractivity contribution in [2.45, 2.75) is 18.6 Å². The van der Waals surface area contributed by atoms with Crippen LogP contribution in [0.4, 0.5) is 13.2 Å². The number of nitrogens with zero attached hydrogens (tertiary/aromatic N) is 1. The Morgan fingerprint density at radius 2 is 2.00 bits per heavy atom. The first-order chi connectivity index (χ1) is 10.8. The Labute approximate surface area is 131 Å². The minimum absolute atomic E-state index is 0.00140. The van der Waals surface area contributed by atoms with Crippen LogP contribution in [0.5, 0.6) is 0 Å². The zero-order valence-electron chi connectivity index (χ0n) is 12.4. The molecule has 122 valence electrons. The molecule has 23 heavy (non-hydrogen) atoms. The van der Waals surface area contributed by atoms with E-state index in [1.165, 1.54) is 24.1 Å². The molecule has 1 saturated heterocycles. The van der Waals surface area contributed by atoms with Crippen LogP contribution in [0.3, 0.4) is 0 Å². The molecular weight excluding hydrogens is 309 g/mol. The topological polar surface area (TPSA) is 49.4 Å². The van der Waals surface area contributed by atoms with E-state index < -0.39 is 23.7 Å². The second-order valence-electron chi connectivity index (χ2n) is 5.30. The molecule has 2 rings (SSSR count). The minimum Gasteiger partial charge on any atom is -0.345 e. The summed E-state index contributed by atoms with van der Waals surface area (Å²) in [6, 6.07) is 3.88. The number of alkyl halides is 3. The van der Waals surface area contributed by atoms with Gasteiger partial charge in [-0.2, -0.15) is 13.2 Å². The SMILES string of the molecule is C#CCNC(=O)[C@H]1CC(=O)N(C)[C@@H]1c1ccc(C(F)(F)F)cc1. The molecule has 0 aromatic heterocycles. The summed E-state index contributed by atoms with van der Waals surface area (Å²) in [6.45, 7) is 0.0347. The van der Waals surface area contributed by atoms with Crippen LogP contribution in [0, 0.1) is 18.3 Å². The fraction of sp³-hybridized carbons (Fsp3) is 0.375. The van der Waals surface area contributed by atoms with Gasteiger partial charge in [0.1, 0.15) is 0 Å². The number of hydrogen-bond donors (Lipinski definition) is 1. The van der Waals surface area contributed by atoms with E-state index in [9.17, 15) is 22.8 Å². The zero-order chi connectivity index (χ0) is 17.2. The van der Waals surface area contributed by atoms with E-state index in [0.717, 1.165) is 12.1 Å². The second-order valence-corrected chi connectivity index (χ2v) is 5.30. The average molecular weight is 324 g/mol. The number of nitrogens with one attached hydrogen (secondary N) is 1. The van der Waals surface area contributed by atoms with Crippen LogP contribution < -0.4 is 5.32 Å². The monoisotopic (exact) mass is 324 g/mol. The van der Waals surface area contributed by atoms with Crippen LogP contribution in [0.15, 0.2) is 24.3 Å². The highest BCUT2D eigenvalue weighted by Crippen LogP contribution is 2.38. The van der Waals surface area contributed by atoms with Crippen molar-refractivity contribution in [3.63, 3.8) is 0 Å². The number of carbonyl (C=O) groups excluding carboxylic acids is 2. The Bertz CT molecular complexity index is 647. The van der Waals surface area contributed by atoms with E-state index in [0.29, 0.717) is 5.56 Å². The number of terminal acetylenes is 1. The summed E-state index contributed by atoms with van der Waals surface area (Å²) < 4.78 is 37.9. The average Bonchev–Trinajstić information content (AvgIpc) is 2.80. The van der Waals surface area contributed by atoms with E-state index >= 15 is 0 Å². The predicted octanol–water partition coefficient (Wildman–Crippen LogP) is 1.97. The van der Waals surface area contributed by atoms with Gasteiger partial charge in [-0.05, 0) is 17.7 Å². The molecular formula is C16H15F3N2O2. The fourth-order valence-corrected chi connectivity index (χ4v) is 2.70. The van der Waals surface area contributed by atoms with Gasteiger partial charge < -0.3 is 10.2 Å². The van der Waals surface area contributed by atoms with E-state index in [1.807, 2.05) is 0 Å². The van der Waals surface area contributed by atoms with Crippen LogP contribution >= 0.6 is 0 Å². The molecule has 4 nitrogen and oxygen atoms in total. The third-order valence-electron chi connectivity index (χ3n) is 3.87. The molecule has 2 amide bonds. The number of rotatable bonds is 3. The van der Waals surface area contributed by atoms with Crippen LogP contribution in [0.25, 0.3) is 0 Å². The number of hydrogen-bond acceptors (Lipinski definition) is 2. The summed E-state index contributed by atoms with van der Waals surface area (Å²) >= 11 is 0. The lowest BCUT2D eigenvalue weighted by Crippen LogP contribution is -2.34. The van der Waals surface area contributed by atoms with Gasteiger partial charge in [0, 0.05) is 13.5 Å². The number of carbonyl (C=O) groups is 2. The Balaban J connectivity index is 2.28. The van der Waals surface area contributed by atoms with Gasteiger partial charge >= 0.3 is 6.18 Å². The summed E-state index contributed by atoms with van der Waals surface area (Å²) in [5.41, 5.74) is -0.297. The maximum atomic E-state index is 12.6. The Morgan fingerprint density at radius 3 is 2.52 bits per heavy atom. The molecule has 1 heterocycles. The highest BCUT2D eigenvalue weighted by Gasteiger charge is 2.42. The first kappa shape index (κ1) is 16.9. The summed E-state index contributed by atoms with van der Waals surface area (Å²) in [7, 11) is 1.53. The molecule has 7 heteroatoms. The van der Waals surface area contributed by atoms with Crippen LogP contribution in [0.2, 0.25) is 0 Å². The number of halogens is 3. The molecule has 0 saturated carbocycles. The van der Waals surface area contributed by atoms with Gasteiger partial charge in [0.05, 0.1) is 24.1 Å². The Kier molecular flexibility index (Phi) is 4.64. The zero-order valence-corrected chi connectivity index (χ0v) is 12.4. The molecule has 1 fully saturated rings. The molecule has 1 aliphatic heterocycles. The molecule has 0 unspecified atom stereocenters. The van der Waals surface area contributed by atoms with Crippen molar-refractivity contribution < 1.29 is 22.8 Å². The molecule has 0 spiro atoms. The quantitative estimate of drug-likeness (QED) is 0.864. The fourth-order valence-electron chi connectivity index (χ4n) is 2.70.